The van der Waals surface area contributed by atoms with Gasteiger partial charge in [-0.25, -0.2) is 0 Å². The summed E-state index contributed by atoms with van der Waals surface area (Å²) < 4.78 is 1.71. The van der Waals surface area contributed by atoms with Crippen LogP contribution in [0.5, 0.6) is 0 Å². The van der Waals surface area contributed by atoms with E-state index in [0.29, 0.717) is 11.2 Å². The molecule has 0 aromatic carbocycles. The van der Waals surface area contributed by atoms with Gasteiger partial charge in [-0.2, -0.15) is 5.10 Å². The molecule has 92 valence electrons. The van der Waals surface area contributed by atoms with Crippen LogP contribution in [-0.2, 0) is 13.6 Å². The van der Waals surface area contributed by atoms with Gasteiger partial charge in [0, 0.05) is 30.1 Å². The van der Waals surface area contributed by atoms with Gasteiger partial charge in [-0.1, -0.05) is 17.7 Å². The molecule has 0 amide bonds. The van der Waals surface area contributed by atoms with E-state index >= 15 is 0 Å². The summed E-state index contributed by atoms with van der Waals surface area (Å²) in [5.41, 5.74) is 2.07. The normalized spacial score (nSPS) is 12.9. The fraction of sp³-hybridized carbons (Fsp3) is 0.417. The number of rotatable bonds is 4. The third kappa shape index (κ3) is 2.70. The molecule has 0 bridgehead atoms. The summed E-state index contributed by atoms with van der Waals surface area (Å²) in [7, 11) is 1.86. The average Bonchev–Trinajstić information content (AvgIpc) is 2.88. The van der Waals surface area contributed by atoms with Gasteiger partial charge < -0.3 is 5.32 Å². The van der Waals surface area contributed by atoms with Crippen LogP contribution in [0.4, 0.5) is 0 Å². The van der Waals surface area contributed by atoms with E-state index in [1.165, 1.54) is 4.88 Å². The van der Waals surface area contributed by atoms with Crippen molar-refractivity contribution < 1.29 is 0 Å². The second-order valence-electron chi connectivity index (χ2n) is 4.10. The lowest BCUT2D eigenvalue weighted by molar-refractivity contribution is 0.581. The first-order valence-corrected chi connectivity index (χ1v) is 6.80. The number of nitrogens with one attached hydrogen (secondary N) is 1. The van der Waals surface area contributed by atoms with Gasteiger partial charge in [0.1, 0.15) is 5.15 Å². The molecule has 2 aromatic rings. The topological polar surface area (TPSA) is 29.9 Å². The molecule has 0 aliphatic heterocycles. The van der Waals surface area contributed by atoms with E-state index in [1.807, 2.05) is 14.0 Å². The van der Waals surface area contributed by atoms with Crippen LogP contribution in [-0.4, -0.2) is 9.78 Å². The number of hydrogen-bond acceptors (Lipinski definition) is 3. The molecular weight excluding hydrogens is 254 g/mol. The average molecular weight is 270 g/mol. The molecule has 3 nitrogen and oxygen atoms in total. The fourth-order valence-corrected chi connectivity index (χ4v) is 2.77. The van der Waals surface area contributed by atoms with Crippen molar-refractivity contribution in [1.82, 2.24) is 15.1 Å². The first-order valence-electron chi connectivity index (χ1n) is 5.54. The number of aromatic nitrogens is 2. The Morgan fingerprint density at radius 3 is 2.88 bits per heavy atom. The molecule has 1 atom stereocenters. The summed E-state index contributed by atoms with van der Waals surface area (Å²) in [6.45, 7) is 4.89. The van der Waals surface area contributed by atoms with Gasteiger partial charge in [0.05, 0.1) is 5.69 Å². The van der Waals surface area contributed by atoms with Gasteiger partial charge in [-0.15, -0.1) is 11.3 Å². The van der Waals surface area contributed by atoms with Crippen molar-refractivity contribution in [3.8, 4) is 0 Å². The molecule has 0 saturated carbocycles. The first-order chi connectivity index (χ1) is 8.09. The van der Waals surface area contributed by atoms with Crippen LogP contribution >= 0.6 is 22.9 Å². The first kappa shape index (κ1) is 12.6. The van der Waals surface area contributed by atoms with Crippen molar-refractivity contribution >= 4 is 22.9 Å². The molecule has 0 saturated heterocycles. The quantitative estimate of drug-likeness (QED) is 0.923. The van der Waals surface area contributed by atoms with Crippen LogP contribution in [0.2, 0.25) is 5.15 Å². The van der Waals surface area contributed by atoms with Crippen molar-refractivity contribution in [3.05, 3.63) is 38.8 Å². The van der Waals surface area contributed by atoms with Crippen LogP contribution in [0.3, 0.4) is 0 Å². The van der Waals surface area contributed by atoms with Crippen LogP contribution in [0.1, 0.15) is 29.1 Å². The maximum Gasteiger partial charge on any atom is 0.131 e. The lowest BCUT2D eigenvalue weighted by atomic mass is 10.2. The summed E-state index contributed by atoms with van der Waals surface area (Å²) >= 11 is 7.95. The van der Waals surface area contributed by atoms with E-state index in [1.54, 1.807) is 16.0 Å². The van der Waals surface area contributed by atoms with Gasteiger partial charge in [0.2, 0.25) is 0 Å². The van der Waals surface area contributed by atoms with Crippen molar-refractivity contribution in [1.29, 1.82) is 0 Å². The van der Waals surface area contributed by atoms with E-state index in [-0.39, 0.29) is 0 Å². The molecule has 0 aliphatic rings. The zero-order valence-corrected chi connectivity index (χ0v) is 11.8. The largest absolute Gasteiger partial charge is 0.305 e. The molecule has 1 unspecified atom stereocenters. The summed E-state index contributed by atoms with van der Waals surface area (Å²) in [5, 5.41) is 10.6. The molecule has 0 aliphatic carbocycles. The Labute approximate surface area is 110 Å². The highest BCUT2D eigenvalue weighted by Crippen LogP contribution is 2.22. The number of aryl methyl sites for hydroxylation is 2. The summed E-state index contributed by atoms with van der Waals surface area (Å²) in [5.74, 6) is 0. The SMILES string of the molecule is Cc1nn(C)c(Cl)c1CNC(C)c1cccs1. The Morgan fingerprint density at radius 1 is 1.59 bits per heavy atom. The van der Waals surface area contributed by atoms with Gasteiger partial charge in [0.25, 0.3) is 0 Å². The van der Waals surface area contributed by atoms with Gasteiger partial charge in [-0.3, -0.25) is 4.68 Å². The molecule has 0 radical (unpaired) electrons. The van der Waals surface area contributed by atoms with Crippen LogP contribution < -0.4 is 5.32 Å². The maximum atomic E-state index is 6.19. The third-order valence-corrected chi connectivity index (χ3v) is 4.35. The number of thiophene rings is 1. The minimum Gasteiger partial charge on any atom is -0.305 e. The second kappa shape index (κ2) is 5.21. The van der Waals surface area contributed by atoms with Gasteiger partial charge in [0.15, 0.2) is 0 Å². The van der Waals surface area contributed by atoms with Crippen molar-refractivity contribution in [2.75, 3.05) is 0 Å². The minimum atomic E-state index is 0.339. The monoisotopic (exact) mass is 269 g/mol. The Balaban J connectivity index is 2.03. The highest BCUT2D eigenvalue weighted by Gasteiger charge is 2.12. The summed E-state index contributed by atoms with van der Waals surface area (Å²) in [6, 6.07) is 4.55. The lowest BCUT2D eigenvalue weighted by Gasteiger charge is -2.11. The molecule has 2 rings (SSSR count). The zero-order chi connectivity index (χ0) is 12.4. The summed E-state index contributed by atoms with van der Waals surface area (Å²) in [6.07, 6.45) is 0. The third-order valence-electron chi connectivity index (χ3n) is 2.82. The molecule has 2 aromatic heterocycles. The fourth-order valence-electron chi connectivity index (χ4n) is 1.77. The standard InChI is InChI=1S/C12H16ClN3S/c1-8-10(12(13)16(3)15-8)7-14-9(2)11-5-4-6-17-11/h4-6,9,14H,7H2,1-3H3. The highest BCUT2D eigenvalue weighted by atomic mass is 35.5. The number of halogens is 1. The van der Waals surface area contributed by atoms with Crippen molar-refractivity contribution in [3.63, 3.8) is 0 Å². The predicted octanol–water partition coefficient (Wildman–Crippen LogP) is 3.29. The predicted molar refractivity (Wildman–Crippen MR) is 72.5 cm³/mol. The molecule has 1 N–H and O–H groups in total. The molecule has 17 heavy (non-hydrogen) atoms. The number of nitrogens with zero attached hydrogens (tertiary/aromatic N) is 2. The molecule has 5 heteroatoms. The number of hydrogen-bond donors (Lipinski definition) is 1. The zero-order valence-electron chi connectivity index (χ0n) is 10.2. The molecule has 2 heterocycles. The van der Waals surface area contributed by atoms with E-state index in [2.05, 4.69) is 34.9 Å². The Morgan fingerprint density at radius 2 is 2.35 bits per heavy atom. The lowest BCUT2D eigenvalue weighted by Crippen LogP contribution is -2.17. The van der Waals surface area contributed by atoms with E-state index in [4.69, 9.17) is 11.6 Å². The molecule has 0 spiro atoms. The second-order valence-corrected chi connectivity index (χ2v) is 5.43. The Kier molecular flexibility index (Phi) is 3.86. The Bertz CT molecular complexity index is 490. The van der Waals surface area contributed by atoms with Crippen molar-refractivity contribution in [2.45, 2.75) is 26.4 Å². The van der Waals surface area contributed by atoms with Crippen LogP contribution in [0.25, 0.3) is 0 Å². The van der Waals surface area contributed by atoms with Gasteiger partial charge >= 0.3 is 0 Å². The smallest absolute Gasteiger partial charge is 0.131 e. The van der Waals surface area contributed by atoms with E-state index in [0.717, 1.165) is 17.8 Å². The van der Waals surface area contributed by atoms with Gasteiger partial charge in [-0.05, 0) is 25.3 Å². The van der Waals surface area contributed by atoms with Crippen molar-refractivity contribution in [2.24, 2.45) is 7.05 Å². The maximum absolute atomic E-state index is 6.19. The molecular formula is C12H16ClN3S. The minimum absolute atomic E-state index is 0.339. The highest BCUT2D eigenvalue weighted by molar-refractivity contribution is 7.10. The molecule has 0 fully saturated rings. The summed E-state index contributed by atoms with van der Waals surface area (Å²) in [4.78, 5) is 1.34. The van der Waals surface area contributed by atoms with Crippen LogP contribution in [0.15, 0.2) is 17.5 Å². The Hall–Kier alpha value is -0.840. The van der Waals surface area contributed by atoms with Crippen LogP contribution in [0, 0.1) is 6.92 Å². The van der Waals surface area contributed by atoms with E-state index in [9.17, 15) is 0 Å². The van der Waals surface area contributed by atoms with E-state index < -0.39 is 0 Å².